The van der Waals surface area contributed by atoms with Gasteiger partial charge < -0.3 is 14.4 Å². The summed E-state index contributed by atoms with van der Waals surface area (Å²) < 4.78 is 11.0. The molecule has 1 fully saturated rings. The first kappa shape index (κ1) is 12.8. The van der Waals surface area contributed by atoms with Gasteiger partial charge in [-0.1, -0.05) is 6.07 Å². The molecule has 1 aliphatic rings. The summed E-state index contributed by atoms with van der Waals surface area (Å²) in [6, 6.07) is 8.21. The number of hydrogen-bond donors (Lipinski definition) is 0. The highest BCUT2D eigenvalue weighted by Gasteiger charge is 2.11. The maximum absolute atomic E-state index is 5.69. The summed E-state index contributed by atoms with van der Waals surface area (Å²) in [7, 11) is 0. The fourth-order valence-corrected chi connectivity index (χ4v) is 1.96. The lowest BCUT2D eigenvalue weighted by Gasteiger charge is -2.29. The summed E-state index contributed by atoms with van der Waals surface area (Å²) in [4.78, 5) is 2.32. The van der Waals surface area contributed by atoms with E-state index in [1.807, 2.05) is 12.1 Å². The summed E-state index contributed by atoms with van der Waals surface area (Å²) in [6.07, 6.45) is 6.87. The highest BCUT2D eigenvalue weighted by molar-refractivity contribution is 5.50. The minimum atomic E-state index is 0.677. The average molecular weight is 245 g/mol. The first-order chi connectivity index (χ1) is 8.90. The van der Waals surface area contributed by atoms with Crippen molar-refractivity contribution in [2.24, 2.45) is 0 Å². The lowest BCUT2D eigenvalue weighted by molar-refractivity contribution is 0.122. The molecule has 0 aliphatic carbocycles. The molecule has 0 bridgehead atoms. The van der Waals surface area contributed by atoms with E-state index in [4.69, 9.17) is 15.9 Å². The third-order valence-corrected chi connectivity index (χ3v) is 2.93. The van der Waals surface area contributed by atoms with Gasteiger partial charge in [-0.25, -0.2) is 0 Å². The Morgan fingerprint density at radius 2 is 2.17 bits per heavy atom. The van der Waals surface area contributed by atoms with Crippen molar-refractivity contribution in [3.05, 3.63) is 24.3 Å². The van der Waals surface area contributed by atoms with Crippen molar-refractivity contribution < 1.29 is 9.47 Å². The first-order valence-corrected chi connectivity index (χ1v) is 6.39. The summed E-state index contributed by atoms with van der Waals surface area (Å²) in [5.74, 6) is 3.53. The molecule has 0 saturated carbocycles. The topological polar surface area (TPSA) is 21.7 Å². The maximum atomic E-state index is 5.69. The number of morpholine rings is 1. The van der Waals surface area contributed by atoms with E-state index in [0.717, 1.165) is 44.9 Å². The van der Waals surface area contributed by atoms with Crippen LogP contribution in [0, 0.1) is 12.3 Å². The standard InChI is InChI=1S/C15H19NO2/c1-2-3-4-10-18-15-7-5-6-14(13-15)16-8-11-17-12-9-16/h1,5-7,13H,3-4,8-12H2. The van der Waals surface area contributed by atoms with Gasteiger partial charge in [0.15, 0.2) is 0 Å². The van der Waals surface area contributed by atoms with Gasteiger partial charge in [0.05, 0.1) is 19.8 Å². The molecule has 1 saturated heterocycles. The largest absolute Gasteiger partial charge is 0.493 e. The zero-order valence-corrected chi connectivity index (χ0v) is 10.6. The third kappa shape index (κ3) is 3.68. The number of terminal acetylenes is 1. The van der Waals surface area contributed by atoms with Crippen LogP contribution in [0.5, 0.6) is 5.75 Å². The van der Waals surface area contributed by atoms with Crippen molar-refractivity contribution in [1.82, 2.24) is 0 Å². The van der Waals surface area contributed by atoms with Crippen LogP contribution >= 0.6 is 0 Å². The molecule has 0 aromatic heterocycles. The second kappa shape index (κ2) is 6.93. The molecule has 96 valence electrons. The van der Waals surface area contributed by atoms with Gasteiger partial charge in [-0.3, -0.25) is 0 Å². The Hall–Kier alpha value is -1.66. The molecule has 0 N–H and O–H groups in total. The Morgan fingerprint density at radius 1 is 1.33 bits per heavy atom. The van der Waals surface area contributed by atoms with E-state index in [2.05, 4.69) is 23.0 Å². The van der Waals surface area contributed by atoms with Crippen LogP contribution in [0.25, 0.3) is 0 Å². The van der Waals surface area contributed by atoms with Gasteiger partial charge in [-0.05, 0) is 18.6 Å². The number of rotatable bonds is 5. The number of benzene rings is 1. The van der Waals surface area contributed by atoms with Crippen LogP contribution in [-0.4, -0.2) is 32.9 Å². The van der Waals surface area contributed by atoms with Crippen molar-refractivity contribution in [1.29, 1.82) is 0 Å². The van der Waals surface area contributed by atoms with Crippen LogP contribution < -0.4 is 9.64 Å². The van der Waals surface area contributed by atoms with E-state index in [1.54, 1.807) is 0 Å². The number of anilines is 1. The molecule has 0 amide bonds. The summed E-state index contributed by atoms with van der Waals surface area (Å²) in [5.41, 5.74) is 1.20. The zero-order valence-electron chi connectivity index (χ0n) is 10.6. The van der Waals surface area contributed by atoms with Crippen LogP contribution in [-0.2, 0) is 4.74 Å². The quantitative estimate of drug-likeness (QED) is 0.587. The van der Waals surface area contributed by atoms with Gasteiger partial charge in [0.2, 0.25) is 0 Å². The van der Waals surface area contributed by atoms with E-state index in [1.165, 1.54) is 5.69 Å². The Kier molecular flexibility index (Phi) is 4.92. The molecule has 18 heavy (non-hydrogen) atoms. The van der Waals surface area contributed by atoms with Crippen molar-refractivity contribution in [2.75, 3.05) is 37.8 Å². The fourth-order valence-electron chi connectivity index (χ4n) is 1.96. The Balaban J connectivity index is 1.90. The Morgan fingerprint density at radius 3 is 2.94 bits per heavy atom. The van der Waals surface area contributed by atoms with Gasteiger partial charge in [-0.15, -0.1) is 12.3 Å². The van der Waals surface area contributed by atoms with Gasteiger partial charge in [0, 0.05) is 31.3 Å². The van der Waals surface area contributed by atoms with Crippen molar-refractivity contribution >= 4 is 5.69 Å². The average Bonchev–Trinajstić information content (AvgIpc) is 2.45. The molecule has 1 aliphatic heterocycles. The molecule has 0 radical (unpaired) electrons. The molecule has 3 heteroatoms. The molecule has 1 aromatic rings. The second-order valence-corrected chi connectivity index (χ2v) is 4.25. The van der Waals surface area contributed by atoms with Crippen LogP contribution in [0.2, 0.25) is 0 Å². The molecular formula is C15H19NO2. The van der Waals surface area contributed by atoms with Gasteiger partial charge in [-0.2, -0.15) is 0 Å². The first-order valence-electron chi connectivity index (χ1n) is 6.39. The predicted molar refractivity (Wildman–Crippen MR) is 73.0 cm³/mol. The summed E-state index contributed by atoms with van der Waals surface area (Å²) >= 11 is 0. The molecule has 0 unspecified atom stereocenters. The van der Waals surface area contributed by atoms with Gasteiger partial charge in [0.25, 0.3) is 0 Å². The maximum Gasteiger partial charge on any atom is 0.121 e. The van der Waals surface area contributed by atoms with E-state index < -0.39 is 0 Å². The minimum Gasteiger partial charge on any atom is -0.493 e. The molecule has 0 atom stereocenters. The smallest absolute Gasteiger partial charge is 0.121 e. The molecule has 3 nitrogen and oxygen atoms in total. The van der Waals surface area contributed by atoms with Crippen LogP contribution in [0.1, 0.15) is 12.8 Å². The van der Waals surface area contributed by atoms with E-state index in [0.29, 0.717) is 6.61 Å². The zero-order chi connectivity index (χ0) is 12.6. The molecule has 1 aromatic carbocycles. The van der Waals surface area contributed by atoms with E-state index in [-0.39, 0.29) is 0 Å². The van der Waals surface area contributed by atoms with Crippen LogP contribution in [0.3, 0.4) is 0 Å². The number of nitrogens with zero attached hydrogens (tertiary/aromatic N) is 1. The van der Waals surface area contributed by atoms with Crippen LogP contribution in [0.4, 0.5) is 5.69 Å². The third-order valence-electron chi connectivity index (χ3n) is 2.93. The lowest BCUT2D eigenvalue weighted by Crippen LogP contribution is -2.36. The normalized spacial score (nSPS) is 15.2. The van der Waals surface area contributed by atoms with Crippen LogP contribution in [0.15, 0.2) is 24.3 Å². The van der Waals surface area contributed by atoms with Crippen molar-refractivity contribution in [3.63, 3.8) is 0 Å². The highest BCUT2D eigenvalue weighted by atomic mass is 16.5. The highest BCUT2D eigenvalue weighted by Crippen LogP contribution is 2.22. The Bertz CT molecular complexity index is 405. The van der Waals surface area contributed by atoms with E-state index in [9.17, 15) is 0 Å². The fraction of sp³-hybridized carbons (Fsp3) is 0.467. The predicted octanol–water partition coefficient (Wildman–Crippen LogP) is 2.32. The monoisotopic (exact) mass is 245 g/mol. The summed E-state index contributed by atoms with van der Waals surface area (Å²) in [5, 5.41) is 0. The Labute approximate surface area is 109 Å². The molecular weight excluding hydrogens is 226 g/mol. The molecule has 1 heterocycles. The number of unbranched alkanes of at least 4 members (excludes halogenated alkanes) is 1. The second-order valence-electron chi connectivity index (χ2n) is 4.25. The number of hydrogen-bond acceptors (Lipinski definition) is 3. The van der Waals surface area contributed by atoms with Crippen molar-refractivity contribution in [3.8, 4) is 18.1 Å². The summed E-state index contributed by atoms with van der Waals surface area (Å²) in [6.45, 7) is 4.17. The molecule has 2 rings (SSSR count). The number of ether oxygens (including phenoxy) is 2. The lowest BCUT2D eigenvalue weighted by atomic mass is 10.2. The van der Waals surface area contributed by atoms with E-state index >= 15 is 0 Å². The minimum absolute atomic E-state index is 0.677. The van der Waals surface area contributed by atoms with Crippen molar-refractivity contribution in [2.45, 2.75) is 12.8 Å². The SMILES string of the molecule is C#CCCCOc1cccc(N2CCOCC2)c1. The van der Waals surface area contributed by atoms with Gasteiger partial charge in [0.1, 0.15) is 5.75 Å². The molecule has 0 spiro atoms. The van der Waals surface area contributed by atoms with Gasteiger partial charge >= 0.3 is 0 Å².